The van der Waals surface area contributed by atoms with Crippen molar-refractivity contribution in [3.8, 4) is 0 Å². The molecule has 9 nitrogen and oxygen atoms in total. The molecule has 0 amide bonds. The third-order valence-corrected chi connectivity index (χ3v) is 7.21. The monoisotopic (exact) mass is 459 g/mol. The van der Waals surface area contributed by atoms with Gasteiger partial charge in [0.2, 0.25) is 10.0 Å². The zero-order valence-electron chi connectivity index (χ0n) is 18.5. The minimum Gasteiger partial charge on any atom is -0.395 e. The van der Waals surface area contributed by atoms with Crippen molar-refractivity contribution in [1.82, 2.24) is 14.1 Å². The average molecular weight is 460 g/mol. The lowest BCUT2D eigenvalue weighted by molar-refractivity contribution is 0.0828. The molecule has 0 unspecified atom stereocenters. The van der Waals surface area contributed by atoms with Crippen LogP contribution in [-0.4, -0.2) is 125 Å². The number of benzene rings is 1. The third-order valence-electron chi connectivity index (χ3n) is 5.30. The Morgan fingerprint density at radius 1 is 0.774 bits per heavy atom. The quantitative estimate of drug-likeness (QED) is 0.594. The van der Waals surface area contributed by atoms with Gasteiger partial charge in [0.15, 0.2) is 0 Å². The number of β-amino-alcohol motifs (C(OH)–C–C–N with tert-alkyl or cyclic N) is 2. The lowest BCUT2D eigenvalue weighted by Crippen LogP contribution is -2.40. The number of sulfonamides is 1. The summed E-state index contributed by atoms with van der Waals surface area (Å²) in [4.78, 5) is 4.47. The molecule has 0 atom stereocenters. The van der Waals surface area contributed by atoms with Gasteiger partial charge >= 0.3 is 0 Å². The number of ether oxygens (including phenoxy) is 2. The molecule has 0 aromatic heterocycles. The summed E-state index contributed by atoms with van der Waals surface area (Å²) in [6.45, 7) is 7.89. The average Bonchev–Trinajstić information content (AvgIpc) is 2.75. The molecule has 1 heterocycles. The highest BCUT2D eigenvalue weighted by atomic mass is 32.2. The van der Waals surface area contributed by atoms with Crippen molar-refractivity contribution >= 4 is 10.0 Å². The number of aliphatic hydroxyl groups excluding tert-OH is 2. The minimum absolute atomic E-state index is 0.0612. The molecule has 0 spiro atoms. The lowest BCUT2D eigenvalue weighted by Gasteiger charge is -2.26. The predicted octanol–water partition coefficient (Wildman–Crippen LogP) is -0.379. The van der Waals surface area contributed by atoms with Crippen molar-refractivity contribution in [1.29, 1.82) is 0 Å². The first-order chi connectivity index (χ1) is 15.0. The van der Waals surface area contributed by atoms with E-state index in [0.717, 1.165) is 18.7 Å². The van der Waals surface area contributed by atoms with E-state index in [-0.39, 0.29) is 44.4 Å². The summed E-state index contributed by atoms with van der Waals surface area (Å²) in [5, 5.41) is 18.6. The Kier molecular flexibility index (Phi) is 11.9. The van der Waals surface area contributed by atoms with Crippen LogP contribution in [0.1, 0.15) is 5.56 Å². The first-order valence-electron chi connectivity index (χ1n) is 10.9. The summed E-state index contributed by atoms with van der Waals surface area (Å²) in [6.07, 6.45) is 0. The molecule has 2 rings (SSSR count). The van der Waals surface area contributed by atoms with Crippen LogP contribution in [0.25, 0.3) is 0 Å². The maximum atomic E-state index is 13.1. The first kappa shape index (κ1) is 26.1. The van der Waals surface area contributed by atoms with Crippen LogP contribution < -0.4 is 0 Å². The van der Waals surface area contributed by atoms with Crippen molar-refractivity contribution in [3.05, 3.63) is 29.8 Å². The molecule has 1 fully saturated rings. The molecule has 0 saturated carbocycles. The van der Waals surface area contributed by atoms with Crippen LogP contribution >= 0.6 is 0 Å². The first-order valence-corrected chi connectivity index (χ1v) is 12.3. The molecule has 1 aromatic carbocycles. The van der Waals surface area contributed by atoms with E-state index < -0.39 is 10.0 Å². The molecule has 2 N–H and O–H groups in total. The van der Waals surface area contributed by atoms with E-state index in [1.807, 2.05) is 6.92 Å². The van der Waals surface area contributed by atoms with Gasteiger partial charge in [0.25, 0.3) is 0 Å². The van der Waals surface area contributed by atoms with Crippen LogP contribution in [0.4, 0.5) is 0 Å². The van der Waals surface area contributed by atoms with Crippen LogP contribution in [0.2, 0.25) is 0 Å². The van der Waals surface area contributed by atoms with Crippen LogP contribution in [-0.2, 0) is 19.5 Å². The van der Waals surface area contributed by atoms with Gasteiger partial charge in [-0.25, -0.2) is 8.42 Å². The maximum Gasteiger partial charge on any atom is 0.243 e. The van der Waals surface area contributed by atoms with Crippen LogP contribution in [0, 0.1) is 6.92 Å². The molecule has 31 heavy (non-hydrogen) atoms. The highest BCUT2D eigenvalue weighted by Gasteiger charge is 2.24. The Morgan fingerprint density at radius 2 is 1.23 bits per heavy atom. The standard InChI is InChI=1S/C21H37N3O6S/c1-20-2-4-21(5-3-20)31(27,28)24-12-18-29-16-10-22(8-14-25)6-7-23(9-15-26)11-17-30-19-13-24/h2-5,25-26H,6-19H2,1H3. The molecule has 1 aliphatic rings. The number of aryl methyl sites for hydroxylation is 1. The molecular formula is C21H37N3O6S. The van der Waals surface area contributed by atoms with Gasteiger partial charge in [-0.15, -0.1) is 0 Å². The smallest absolute Gasteiger partial charge is 0.243 e. The highest BCUT2D eigenvalue weighted by Crippen LogP contribution is 2.16. The van der Waals surface area contributed by atoms with Gasteiger partial charge < -0.3 is 19.7 Å². The van der Waals surface area contributed by atoms with E-state index in [1.165, 1.54) is 4.31 Å². The topological polar surface area (TPSA) is 103 Å². The van der Waals surface area contributed by atoms with Crippen molar-refractivity contribution in [2.75, 3.05) is 92.0 Å². The van der Waals surface area contributed by atoms with Crippen LogP contribution in [0.3, 0.4) is 0 Å². The second-order valence-corrected chi connectivity index (χ2v) is 9.51. The molecule has 1 aliphatic heterocycles. The molecule has 0 bridgehead atoms. The summed E-state index contributed by atoms with van der Waals surface area (Å²) < 4.78 is 39.1. The number of rotatable bonds is 6. The second kappa shape index (κ2) is 14.1. The molecule has 10 heteroatoms. The van der Waals surface area contributed by atoms with E-state index in [2.05, 4.69) is 9.80 Å². The Hall–Kier alpha value is -1.11. The van der Waals surface area contributed by atoms with Gasteiger partial charge in [0.1, 0.15) is 0 Å². The summed E-state index contributed by atoms with van der Waals surface area (Å²) in [6, 6.07) is 6.83. The van der Waals surface area contributed by atoms with E-state index in [9.17, 15) is 18.6 Å². The summed E-state index contributed by atoms with van der Waals surface area (Å²) in [5.74, 6) is 0. The fraction of sp³-hybridized carbons (Fsp3) is 0.714. The van der Waals surface area contributed by atoms with Gasteiger partial charge in [-0.1, -0.05) is 17.7 Å². The summed E-state index contributed by atoms with van der Waals surface area (Å²) in [5.41, 5.74) is 1.00. The minimum atomic E-state index is -3.64. The summed E-state index contributed by atoms with van der Waals surface area (Å²) in [7, 11) is -3.64. The van der Waals surface area contributed by atoms with Crippen molar-refractivity contribution in [3.63, 3.8) is 0 Å². The number of hydrogen-bond donors (Lipinski definition) is 2. The molecule has 178 valence electrons. The van der Waals surface area contributed by atoms with Gasteiger partial charge in [-0.2, -0.15) is 4.31 Å². The van der Waals surface area contributed by atoms with Gasteiger partial charge in [-0.3, -0.25) is 9.80 Å². The van der Waals surface area contributed by atoms with E-state index in [1.54, 1.807) is 24.3 Å². The van der Waals surface area contributed by atoms with E-state index in [0.29, 0.717) is 39.4 Å². The lowest BCUT2D eigenvalue weighted by atomic mass is 10.2. The van der Waals surface area contributed by atoms with Crippen LogP contribution in [0.15, 0.2) is 29.2 Å². The second-order valence-electron chi connectivity index (χ2n) is 7.57. The third kappa shape index (κ3) is 9.11. The molecule has 1 aromatic rings. The molecule has 1 saturated heterocycles. The number of nitrogens with zero attached hydrogens (tertiary/aromatic N) is 3. The Balaban J connectivity index is 2.05. The van der Waals surface area contributed by atoms with E-state index >= 15 is 0 Å². The van der Waals surface area contributed by atoms with Crippen LogP contribution in [0.5, 0.6) is 0 Å². The van der Waals surface area contributed by atoms with Gasteiger partial charge in [0.05, 0.1) is 44.5 Å². The largest absolute Gasteiger partial charge is 0.395 e. The Bertz CT molecular complexity index is 692. The molecule has 0 radical (unpaired) electrons. The molecular weight excluding hydrogens is 422 g/mol. The highest BCUT2D eigenvalue weighted by molar-refractivity contribution is 7.89. The summed E-state index contributed by atoms with van der Waals surface area (Å²) >= 11 is 0. The SMILES string of the molecule is Cc1ccc(S(=O)(=O)N2CCOCCN(CCO)CCN(CCO)CCOCC2)cc1. The normalized spacial score (nSPS) is 20.2. The van der Waals surface area contributed by atoms with Gasteiger partial charge in [0, 0.05) is 52.4 Å². The van der Waals surface area contributed by atoms with Crippen molar-refractivity contribution in [2.45, 2.75) is 11.8 Å². The predicted molar refractivity (Wildman–Crippen MR) is 119 cm³/mol. The van der Waals surface area contributed by atoms with E-state index in [4.69, 9.17) is 9.47 Å². The van der Waals surface area contributed by atoms with Crippen molar-refractivity contribution < 1.29 is 28.1 Å². The van der Waals surface area contributed by atoms with Gasteiger partial charge in [-0.05, 0) is 19.1 Å². The fourth-order valence-corrected chi connectivity index (χ4v) is 4.78. The Morgan fingerprint density at radius 3 is 1.68 bits per heavy atom. The Labute approximate surface area is 186 Å². The molecule has 0 aliphatic carbocycles. The zero-order valence-corrected chi connectivity index (χ0v) is 19.3. The zero-order chi connectivity index (χ0) is 22.5. The number of hydrogen-bond acceptors (Lipinski definition) is 8. The number of aliphatic hydroxyl groups is 2. The maximum absolute atomic E-state index is 13.1. The van der Waals surface area contributed by atoms with Crippen molar-refractivity contribution in [2.24, 2.45) is 0 Å². The fourth-order valence-electron chi connectivity index (χ4n) is 3.37.